The highest BCUT2D eigenvalue weighted by atomic mass is 35.5. The van der Waals surface area contributed by atoms with Gasteiger partial charge in [0.05, 0.1) is 28.2 Å². The molecule has 0 saturated carbocycles. The molecule has 3 N–H and O–H groups in total. The van der Waals surface area contributed by atoms with Gasteiger partial charge in [0.25, 0.3) is 5.91 Å². The third kappa shape index (κ3) is 2.60. The van der Waals surface area contributed by atoms with Crippen molar-refractivity contribution in [2.45, 2.75) is 19.4 Å². The number of amides is 1. The second kappa shape index (κ2) is 4.76. The lowest BCUT2D eigenvalue weighted by Crippen LogP contribution is -2.16. The summed E-state index contributed by atoms with van der Waals surface area (Å²) in [5.41, 5.74) is 2.37. The Bertz CT molecular complexity index is 736. The van der Waals surface area contributed by atoms with Gasteiger partial charge in [-0.2, -0.15) is 0 Å². The Morgan fingerprint density at radius 2 is 1.76 bits per heavy atom. The first kappa shape index (κ1) is 13.9. The van der Waals surface area contributed by atoms with Gasteiger partial charge in [0, 0.05) is 5.02 Å². The van der Waals surface area contributed by atoms with Crippen molar-refractivity contribution in [2.24, 2.45) is 0 Å². The summed E-state index contributed by atoms with van der Waals surface area (Å²) >= 11 is 6.00. The summed E-state index contributed by atoms with van der Waals surface area (Å²) in [6.45, 7) is 3.43. The van der Waals surface area contributed by atoms with E-state index in [0.29, 0.717) is 22.0 Å². The third-order valence-electron chi connectivity index (χ3n) is 3.47. The molecule has 1 amide bonds. The summed E-state index contributed by atoms with van der Waals surface area (Å²) < 4.78 is 0. The molecule has 2 aromatic carbocycles. The zero-order valence-electron chi connectivity index (χ0n) is 11.7. The fraction of sp³-hybridized carbons (Fsp3) is 0.188. The Labute approximate surface area is 127 Å². The van der Waals surface area contributed by atoms with E-state index in [4.69, 9.17) is 11.6 Å². The SMILES string of the molecule is CC(C)(O)c1ccc2c(c1)Nc1cc(Cl)ccc1C(=O)N2. The molecule has 0 aliphatic carbocycles. The lowest BCUT2D eigenvalue weighted by Gasteiger charge is -2.20. The monoisotopic (exact) mass is 302 g/mol. The molecule has 0 aromatic heterocycles. The molecule has 0 radical (unpaired) electrons. The molecule has 1 aliphatic heterocycles. The van der Waals surface area contributed by atoms with Crippen molar-refractivity contribution in [3.8, 4) is 0 Å². The van der Waals surface area contributed by atoms with Crippen LogP contribution in [-0.4, -0.2) is 11.0 Å². The fourth-order valence-corrected chi connectivity index (χ4v) is 2.46. The highest BCUT2D eigenvalue weighted by molar-refractivity contribution is 6.31. The van der Waals surface area contributed by atoms with E-state index in [-0.39, 0.29) is 5.91 Å². The van der Waals surface area contributed by atoms with E-state index in [2.05, 4.69) is 10.6 Å². The Kier molecular flexibility index (Phi) is 3.15. The molecule has 4 nitrogen and oxygen atoms in total. The van der Waals surface area contributed by atoms with E-state index in [1.165, 1.54) is 0 Å². The Morgan fingerprint density at radius 3 is 2.48 bits per heavy atom. The van der Waals surface area contributed by atoms with E-state index in [0.717, 1.165) is 11.3 Å². The average Bonchev–Trinajstić information content (AvgIpc) is 2.52. The van der Waals surface area contributed by atoms with Crippen molar-refractivity contribution in [2.75, 3.05) is 10.6 Å². The van der Waals surface area contributed by atoms with Crippen LogP contribution in [0, 0.1) is 0 Å². The molecule has 0 fully saturated rings. The van der Waals surface area contributed by atoms with Crippen LogP contribution in [0.1, 0.15) is 29.8 Å². The van der Waals surface area contributed by atoms with Crippen LogP contribution in [0.4, 0.5) is 17.1 Å². The average molecular weight is 303 g/mol. The number of fused-ring (bicyclic) bond motifs is 2. The van der Waals surface area contributed by atoms with Gasteiger partial charge in [-0.1, -0.05) is 17.7 Å². The summed E-state index contributed by atoms with van der Waals surface area (Å²) in [5.74, 6) is -0.191. The summed E-state index contributed by atoms with van der Waals surface area (Å²) in [4.78, 5) is 12.2. The van der Waals surface area contributed by atoms with Crippen LogP contribution >= 0.6 is 11.6 Å². The van der Waals surface area contributed by atoms with Gasteiger partial charge in [-0.15, -0.1) is 0 Å². The van der Waals surface area contributed by atoms with Crippen LogP contribution in [0.2, 0.25) is 5.02 Å². The quantitative estimate of drug-likeness (QED) is 0.749. The van der Waals surface area contributed by atoms with Crippen molar-refractivity contribution >= 4 is 34.6 Å². The number of aliphatic hydroxyl groups is 1. The molecule has 0 spiro atoms. The van der Waals surface area contributed by atoms with Crippen LogP contribution in [0.15, 0.2) is 36.4 Å². The van der Waals surface area contributed by atoms with Gasteiger partial charge < -0.3 is 15.7 Å². The zero-order valence-corrected chi connectivity index (χ0v) is 12.5. The number of hydrogen-bond donors (Lipinski definition) is 3. The molecule has 0 unspecified atom stereocenters. The molecular weight excluding hydrogens is 288 g/mol. The summed E-state index contributed by atoms with van der Waals surface area (Å²) in [6, 6.07) is 10.5. The third-order valence-corrected chi connectivity index (χ3v) is 3.70. The lowest BCUT2D eigenvalue weighted by atomic mass is 9.97. The number of rotatable bonds is 1. The normalized spacial score (nSPS) is 13.6. The maximum Gasteiger partial charge on any atom is 0.257 e. The van der Waals surface area contributed by atoms with E-state index >= 15 is 0 Å². The van der Waals surface area contributed by atoms with E-state index in [9.17, 15) is 9.90 Å². The molecule has 0 saturated heterocycles. The maximum atomic E-state index is 12.2. The van der Waals surface area contributed by atoms with Crippen molar-refractivity contribution in [3.63, 3.8) is 0 Å². The first-order valence-electron chi connectivity index (χ1n) is 6.59. The predicted molar refractivity (Wildman–Crippen MR) is 84.4 cm³/mol. The van der Waals surface area contributed by atoms with Gasteiger partial charge in [-0.3, -0.25) is 4.79 Å². The smallest absolute Gasteiger partial charge is 0.257 e. The molecule has 1 aliphatic rings. The molecule has 1 heterocycles. The van der Waals surface area contributed by atoms with Crippen molar-refractivity contribution in [3.05, 3.63) is 52.5 Å². The largest absolute Gasteiger partial charge is 0.386 e. The molecule has 5 heteroatoms. The summed E-state index contributed by atoms with van der Waals surface area (Å²) in [7, 11) is 0. The molecule has 0 atom stereocenters. The van der Waals surface area contributed by atoms with Crippen molar-refractivity contribution < 1.29 is 9.90 Å². The first-order chi connectivity index (χ1) is 9.84. The summed E-state index contributed by atoms with van der Waals surface area (Å²) in [6.07, 6.45) is 0. The highest BCUT2D eigenvalue weighted by Crippen LogP contribution is 2.35. The standard InChI is InChI=1S/C16H15ClN2O2/c1-16(2,21)9-3-6-12-14(7-9)18-13-8-10(17)4-5-11(13)15(20)19-12/h3-8,18,21H,1-2H3,(H,19,20). The van der Waals surface area contributed by atoms with Crippen LogP contribution < -0.4 is 10.6 Å². The van der Waals surface area contributed by atoms with Gasteiger partial charge in [0.1, 0.15) is 0 Å². The molecule has 0 bridgehead atoms. The molecule has 21 heavy (non-hydrogen) atoms. The second-order valence-electron chi connectivity index (χ2n) is 5.59. The number of benzene rings is 2. The first-order valence-corrected chi connectivity index (χ1v) is 6.97. The van der Waals surface area contributed by atoms with Crippen LogP contribution in [-0.2, 0) is 5.60 Å². The number of carbonyl (C=O) groups excluding carboxylic acids is 1. The fourth-order valence-electron chi connectivity index (χ4n) is 2.29. The van der Waals surface area contributed by atoms with Gasteiger partial charge in [0.2, 0.25) is 0 Å². The summed E-state index contributed by atoms with van der Waals surface area (Å²) in [5, 5.41) is 16.7. The van der Waals surface area contributed by atoms with Crippen LogP contribution in [0.3, 0.4) is 0 Å². The molecule has 3 rings (SSSR count). The van der Waals surface area contributed by atoms with Gasteiger partial charge in [0.15, 0.2) is 0 Å². The van der Waals surface area contributed by atoms with E-state index < -0.39 is 5.60 Å². The number of halogens is 1. The topological polar surface area (TPSA) is 61.4 Å². The van der Waals surface area contributed by atoms with Gasteiger partial charge in [-0.05, 0) is 49.7 Å². The van der Waals surface area contributed by atoms with E-state index in [1.54, 1.807) is 44.2 Å². The minimum absolute atomic E-state index is 0.191. The van der Waals surface area contributed by atoms with Gasteiger partial charge in [-0.25, -0.2) is 0 Å². The van der Waals surface area contributed by atoms with Crippen LogP contribution in [0.25, 0.3) is 0 Å². The van der Waals surface area contributed by atoms with E-state index in [1.807, 2.05) is 6.07 Å². The number of hydrogen-bond acceptors (Lipinski definition) is 3. The number of nitrogens with one attached hydrogen (secondary N) is 2. The van der Waals surface area contributed by atoms with Crippen molar-refractivity contribution in [1.29, 1.82) is 0 Å². The number of anilines is 3. The van der Waals surface area contributed by atoms with Crippen LogP contribution in [0.5, 0.6) is 0 Å². The Hall–Kier alpha value is -2.04. The Balaban J connectivity index is 2.13. The lowest BCUT2D eigenvalue weighted by molar-refractivity contribution is 0.0787. The van der Waals surface area contributed by atoms with Gasteiger partial charge >= 0.3 is 0 Å². The minimum Gasteiger partial charge on any atom is -0.386 e. The molecule has 108 valence electrons. The zero-order chi connectivity index (χ0) is 15.2. The molecular formula is C16H15ClN2O2. The minimum atomic E-state index is -0.954. The highest BCUT2D eigenvalue weighted by Gasteiger charge is 2.22. The molecule has 2 aromatic rings. The second-order valence-corrected chi connectivity index (χ2v) is 6.02. The predicted octanol–water partition coefficient (Wildman–Crippen LogP) is 3.88. The number of carbonyl (C=O) groups is 1. The maximum absolute atomic E-state index is 12.2. The Morgan fingerprint density at radius 1 is 1.00 bits per heavy atom. The van der Waals surface area contributed by atoms with Crippen molar-refractivity contribution in [1.82, 2.24) is 0 Å².